The van der Waals surface area contributed by atoms with Crippen molar-refractivity contribution in [3.8, 4) is 11.1 Å². The molecule has 0 bridgehead atoms. The van der Waals surface area contributed by atoms with Gasteiger partial charge in [0.25, 0.3) is 0 Å². The van der Waals surface area contributed by atoms with Crippen molar-refractivity contribution in [3.63, 3.8) is 0 Å². The summed E-state index contributed by atoms with van der Waals surface area (Å²) in [5.74, 6) is -0.629. The second-order valence-electron chi connectivity index (χ2n) is 4.24. The van der Waals surface area contributed by atoms with Gasteiger partial charge >= 0.3 is 5.97 Å². The summed E-state index contributed by atoms with van der Waals surface area (Å²) < 4.78 is 4.98. The first-order chi connectivity index (χ1) is 8.83. The summed E-state index contributed by atoms with van der Waals surface area (Å²) in [4.78, 5) is 12.1. The first kappa shape index (κ1) is 11.0. The number of carbonyl (C=O) groups excluding carboxylic acids is 1. The van der Waals surface area contributed by atoms with E-state index in [0.29, 0.717) is 0 Å². The highest BCUT2D eigenvalue weighted by Gasteiger charge is 2.34. The van der Waals surface area contributed by atoms with E-state index in [0.717, 1.165) is 22.3 Å². The first-order valence-electron chi connectivity index (χ1n) is 5.88. The van der Waals surface area contributed by atoms with Gasteiger partial charge in [0, 0.05) is 0 Å². The van der Waals surface area contributed by atoms with Gasteiger partial charge in [-0.2, -0.15) is 0 Å². The van der Waals surface area contributed by atoms with E-state index in [2.05, 4.69) is 0 Å². The van der Waals surface area contributed by atoms with Crippen LogP contribution in [-0.2, 0) is 9.53 Å². The van der Waals surface area contributed by atoms with E-state index in [1.165, 1.54) is 0 Å². The third-order valence-corrected chi connectivity index (χ3v) is 3.30. The third-order valence-electron chi connectivity index (χ3n) is 3.30. The summed E-state index contributed by atoms with van der Waals surface area (Å²) in [7, 11) is 0. The van der Waals surface area contributed by atoms with Gasteiger partial charge in [-0.1, -0.05) is 48.5 Å². The van der Waals surface area contributed by atoms with Gasteiger partial charge in [0.05, 0.1) is 0 Å². The molecule has 2 aromatic rings. The van der Waals surface area contributed by atoms with Gasteiger partial charge in [-0.25, -0.2) is 0 Å². The second-order valence-corrected chi connectivity index (χ2v) is 4.24. The van der Waals surface area contributed by atoms with E-state index in [4.69, 9.17) is 10.5 Å². The van der Waals surface area contributed by atoms with Crippen molar-refractivity contribution in [2.24, 2.45) is 5.73 Å². The summed E-state index contributed by atoms with van der Waals surface area (Å²) >= 11 is 0. The van der Waals surface area contributed by atoms with Crippen molar-refractivity contribution in [1.82, 2.24) is 0 Å². The molecule has 1 aliphatic rings. The van der Waals surface area contributed by atoms with Crippen LogP contribution in [0.4, 0.5) is 0 Å². The number of carbonyl (C=O) groups is 1. The quantitative estimate of drug-likeness (QED) is 0.646. The molecule has 3 nitrogen and oxygen atoms in total. The fraction of sp³-hybridized carbons (Fsp3) is 0.133. The molecule has 0 saturated heterocycles. The van der Waals surface area contributed by atoms with Crippen LogP contribution in [0.5, 0.6) is 0 Å². The first-order valence-corrected chi connectivity index (χ1v) is 5.88. The number of esters is 1. The predicted octanol–water partition coefficient (Wildman–Crippen LogP) is 2.26. The molecule has 0 fully saturated rings. The Hall–Kier alpha value is -2.13. The summed E-state index contributed by atoms with van der Waals surface area (Å²) in [5, 5.41) is 0. The molecule has 0 atom stereocenters. The molecule has 0 unspecified atom stereocenters. The van der Waals surface area contributed by atoms with Crippen LogP contribution >= 0.6 is 0 Å². The van der Waals surface area contributed by atoms with Crippen LogP contribution < -0.4 is 5.73 Å². The fourth-order valence-corrected chi connectivity index (χ4v) is 2.57. The number of ether oxygens (including phenoxy) is 1. The van der Waals surface area contributed by atoms with Crippen LogP contribution in [0.3, 0.4) is 0 Å². The van der Waals surface area contributed by atoms with Crippen molar-refractivity contribution in [2.45, 2.75) is 5.92 Å². The maximum Gasteiger partial charge on any atom is 0.319 e. The van der Waals surface area contributed by atoms with E-state index in [9.17, 15) is 4.79 Å². The molecule has 0 heterocycles. The Labute approximate surface area is 105 Å². The Balaban J connectivity index is 2.18. The van der Waals surface area contributed by atoms with E-state index in [1.54, 1.807) is 0 Å². The van der Waals surface area contributed by atoms with Crippen LogP contribution in [0.2, 0.25) is 0 Å². The number of hydrogen-bond acceptors (Lipinski definition) is 3. The van der Waals surface area contributed by atoms with Crippen molar-refractivity contribution < 1.29 is 9.53 Å². The zero-order valence-electron chi connectivity index (χ0n) is 9.80. The second kappa shape index (κ2) is 4.27. The fourth-order valence-electron chi connectivity index (χ4n) is 2.57. The Bertz CT molecular complexity index is 561. The Morgan fingerprint density at radius 1 is 1.00 bits per heavy atom. The molecular weight excluding hydrogens is 226 g/mol. The Kier molecular flexibility index (Phi) is 2.61. The van der Waals surface area contributed by atoms with Crippen LogP contribution in [0.15, 0.2) is 48.5 Å². The summed E-state index contributed by atoms with van der Waals surface area (Å²) in [6.07, 6.45) is 0. The number of fused-ring (bicyclic) bond motifs is 3. The van der Waals surface area contributed by atoms with Crippen molar-refractivity contribution in [3.05, 3.63) is 59.7 Å². The SMILES string of the molecule is NCOC(=O)C1c2ccccc2-c2ccccc21. The van der Waals surface area contributed by atoms with Gasteiger partial charge in [-0.05, 0) is 22.3 Å². The van der Waals surface area contributed by atoms with Crippen molar-refractivity contribution in [1.29, 1.82) is 0 Å². The van der Waals surface area contributed by atoms with Gasteiger partial charge in [0.2, 0.25) is 0 Å². The molecule has 2 N–H and O–H groups in total. The number of hydrogen-bond donors (Lipinski definition) is 1. The zero-order chi connectivity index (χ0) is 12.5. The third kappa shape index (κ3) is 1.52. The van der Waals surface area contributed by atoms with E-state index < -0.39 is 0 Å². The molecule has 0 radical (unpaired) electrons. The number of nitrogens with two attached hydrogens (primary N) is 1. The summed E-state index contributed by atoms with van der Waals surface area (Å²) in [5.41, 5.74) is 9.50. The van der Waals surface area contributed by atoms with Crippen LogP contribution in [0, 0.1) is 0 Å². The normalized spacial score (nSPS) is 12.9. The molecular formula is C15H13NO2. The minimum Gasteiger partial charge on any atom is -0.449 e. The molecule has 0 saturated carbocycles. The molecule has 3 rings (SSSR count). The summed E-state index contributed by atoms with van der Waals surface area (Å²) in [6, 6.07) is 15.8. The van der Waals surface area contributed by atoms with Crippen LogP contribution in [-0.4, -0.2) is 12.7 Å². The standard InChI is InChI=1S/C15H13NO2/c16-9-18-15(17)14-12-7-3-1-5-10(12)11-6-2-4-8-13(11)14/h1-8,14H,9,16H2. The maximum absolute atomic E-state index is 12.1. The topological polar surface area (TPSA) is 52.3 Å². The zero-order valence-corrected chi connectivity index (χ0v) is 9.80. The molecule has 0 spiro atoms. The number of benzene rings is 2. The smallest absolute Gasteiger partial charge is 0.319 e. The molecule has 3 heteroatoms. The largest absolute Gasteiger partial charge is 0.449 e. The van der Waals surface area contributed by atoms with Gasteiger partial charge < -0.3 is 4.74 Å². The maximum atomic E-state index is 12.1. The van der Waals surface area contributed by atoms with Crippen LogP contribution in [0.25, 0.3) is 11.1 Å². The monoisotopic (exact) mass is 239 g/mol. The van der Waals surface area contributed by atoms with E-state index in [1.807, 2.05) is 48.5 Å². The highest BCUT2D eigenvalue weighted by atomic mass is 16.5. The van der Waals surface area contributed by atoms with Gasteiger partial charge in [-0.15, -0.1) is 0 Å². The Morgan fingerprint density at radius 3 is 2.00 bits per heavy atom. The lowest BCUT2D eigenvalue weighted by atomic mass is 9.97. The van der Waals surface area contributed by atoms with Crippen molar-refractivity contribution >= 4 is 5.97 Å². The Morgan fingerprint density at radius 2 is 1.50 bits per heavy atom. The predicted molar refractivity (Wildman–Crippen MR) is 68.9 cm³/mol. The van der Waals surface area contributed by atoms with Crippen LogP contribution in [0.1, 0.15) is 17.0 Å². The molecule has 18 heavy (non-hydrogen) atoms. The molecule has 90 valence electrons. The minimum absolute atomic E-state index is 0.0837. The van der Waals surface area contributed by atoms with Gasteiger partial charge in [-0.3, -0.25) is 10.5 Å². The van der Waals surface area contributed by atoms with E-state index >= 15 is 0 Å². The summed E-state index contributed by atoms with van der Waals surface area (Å²) in [6.45, 7) is -0.0837. The minimum atomic E-state index is -0.346. The lowest BCUT2D eigenvalue weighted by molar-refractivity contribution is -0.144. The van der Waals surface area contributed by atoms with Crippen molar-refractivity contribution in [2.75, 3.05) is 6.73 Å². The number of rotatable bonds is 2. The van der Waals surface area contributed by atoms with E-state index in [-0.39, 0.29) is 18.6 Å². The molecule has 2 aromatic carbocycles. The average molecular weight is 239 g/mol. The lowest BCUT2D eigenvalue weighted by Crippen LogP contribution is -2.19. The molecule has 0 amide bonds. The highest BCUT2D eigenvalue weighted by Crippen LogP contribution is 2.44. The lowest BCUT2D eigenvalue weighted by Gasteiger charge is -2.11. The van der Waals surface area contributed by atoms with Gasteiger partial charge in [0.15, 0.2) is 0 Å². The molecule has 0 aromatic heterocycles. The molecule has 1 aliphatic carbocycles. The van der Waals surface area contributed by atoms with Gasteiger partial charge in [0.1, 0.15) is 12.6 Å². The average Bonchev–Trinajstić information content (AvgIpc) is 2.73. The highest BCUT2D eigenvalue weighted by molar-refractivity contribution is 5.93. The molecule has 0 aliphatic heterocycles.